The Bertz CT molecular complexity index is 550. The molecule has 0 aliphatic carbocycles. The Labute approximate surface area is 137 Å². The van der Waals surface area contributed by atoms with Gasteiger partial charge in [0.2, 0.25) is 0 Å². The van der Waals surface area contributed by atoms with E-state index in [2.05, 4.69) is 63.5 Å². The number of rotatable bonds is 7. The molecule has 0 spiro atoms. The molecular formula is C14H20BrN3S2. The van der Waals surface area contributed by atoms with Crippen molar-refractivity contribution in [3.8, 4) is 0 Å². The summed E-state index contributed by atoms with van der Waals surface area (Å²) in [6.07, 6.45) is 1.16. The summed E-state index contributed by atoms with van der Waals surface area (Å²) in [6, 6.07) is 2.17. The summed E-state index contributed by atoms with van der Waals surface area (Å²) >= 11 is 7.02. The first-order valence-electron chi connectivity index (χ1n) is 6.71. The van der Waals surface area contributed by atoms with Crippen LogP contribution in [0.2, 0.25) is 0 Å². The first-order chi connectivity index (χ1) is 9.60. The SMILES string of the molecule is CCCNCc1sc(N(C)Cc2csc(Br)c2)nc1C. The zero-order valence-corrected chi connectivity index (χ0v) is 15.3. The van der Waals surface area contributed by atoms with Gasteiger partial charge in [-0.2, -0.15) is 0 Å². The van der Waals surface area contributed by atoms with E-state index < -0.39 is 0 Å². The van der Waals surface area contributed by atoms with E-state index in [1.54, 1.807) is 22.7 Å². The smallest absolute Gasteiger partial charge is 0.185 e. The summed E-state index contributed by atoms with van der Waals surface area (Å²) in [5.41, 5.74) is 2.47. The first kappa shape index (κ1) is 15.9. The number of thiophene rings is 1. The van der Waals surface area contributed by atoms with Gasteiger partial charge in [-0.1, -0.05) is 6.92 Å². The predicted molar refractivity (Wildman–Crippen MR) is 93.0 cm³/mol. The standard InChI is InChI=1S/C14H20BrN3S2/c1-4-5-16-7-12-10(2)17-14(20-12)18(3)8-11-6-13(15)19-9-11/h6,9,16H,4-5,7-8H2,1-3H3. The monoisotopic (exact) mass is 373 g/mol. The topological polar surface area (TPSA) is 28.2 Å². The molecule has 2 aromatic heterocycles. The molecule has 0 bridgehead atoms. The fraction of sp³-hybridized carbons (Fsp3) is 0.500. The number of aryl methyl sites for hydroxylation is 1. The van der Waals surface area contributed by atoms with Gasteiger partial charge < -0.3 is 10.2 Å². The third-order valence-corrected chi connectivity index (χ3v) is 5.79. The Morgan fingerprint density at radius 1 is 1.45 bits per heavy atom. The summed E-state index contributed by atoms with van der Waals surface area (Å²) in [7, 11) is 2.10. The molecule has 2 aromatic rings. The molecule has 0 saturated carbocycles. The van der Waals surface area contributed by atoms with Gasteiger partial charge in [-0.3, -0.25) is 0 Å². The summed E-state index contributed by atoms with van der Waals surface area (Å²) in [5.74, 6) is 0. The molecule has 1 N–H and O–H groups in total. The van der Waals surface area contributed by atoms with Crippen LogP contribution in [-0.2, 0) is 13.1 Å². The second kappa shape index (κ2) is 7.54. The number of halogens is 1. The Kier molecular flexibility index (Phi) is 6.01. The lowest BCUT2D eigenvalue weighted by molar-refractivity contribution is 0.678. The number of hydrogen-bond donors (Lipinski definition) is 1. The van der Waals surface area contributed by atoms with E-state index in [0.29, 0.717) is 0 Å². The van der Waals surface area contributed by atoms with Crippen molar-refractivity contribution in [3.63, 3.8) is 0 Å². The summed E-state index contributed by atoms with van der Waals surface area (Å²) in [5, 5.41) is 6.73. The molecule has 0 amide bonds. The van der Waals surface area contributed by atoms with Crippen molar-refractivity contribution >= 4 is 43.7 Å². The molecule has 0 fully saturated rings. The van der Waals surface area contributed by atoms with Crippen LogP contribution in [0.5, 0.6) is 0 Å². The normalized spacial score (nSPS) is 11.0. The van der Waals surface area contributed by atoms with Crippen LogP contribution in [0.15, 0.2) is 15.2 Å². The van der Waals surface area contributed by atoms with Crippen molar-refractivity contribution in [3.05, 3.63) is 31.4 Å². The number of aromatic nitrogens is 1. The van der Waals surface area contributed by atoms with Crippen molar-refractivity contribution in [1.29, 1.82) is 0 Å². The highest BCUT2D eigenvalue weighted by Gasteiger charge is 2.12. The maximum atomic E-state index is 4.69. The van der Waals surface area contributed by atoms with E-state index in [-0.39, 0.29) is 0 Å². The number of anilines is 1. The van der Waals surface area contributed by atoms with E-state index >= 15 is 0 Å². The second-order valence-electron chi connectivity index (χ2n) is 4.80. The molecule has 0 atom stereocenters. The van der Waals surface area contributed by atoms with Crippen LogP contribution in [0.4, 0.5) is 5.13 Å². The van der Waals surface area contributed by atoms with Gasteiger partial charge in [0.15, 0.2) is 5.13 Å². The van der Waals surface area contributed by atoms with Crippen LogP contribution in [0.1, 0.15) is 29.5 Å². The lowest BCUT2D eigenvalue weighted by Crippen LogP contribution is -2.15. The van der Waals surface area contributed by atoms with Gasteiger partial charge in [0.05, 0.1) is 9.48 Å². The maximum absolute atomic E-state index is 4.69. The minimum absolute atomic E-state index is 0.900. The molecule has 110 valence electrons. The zero-order chi connectivity index (χ0) is 14.5. The van der Waals surface area contributed by atoms with Crippen LogP contribution in [0.25, 0.3) is 0 Å². The van der Waals surface area contributed by atoms with E-state index in [1.165, 1.54) is 14.2 Å². The molecule has 20 heavy (non-hydrogen) atoms. The molecule has 3 nitrogen and oxygen atoms in total. The number of nitrogens with one attached hydrogen (secondary N) is 1. The minimum Gasteiger partial charge on any atom is -0.347 e. The molecule has 0 radical (unpaired) electrons. The molecule has 0 aromatic carbocycles. The molecule has 0 aliphatic rings. The van der Waals surface area contributed by atoms with Gasteiger partial charge in [-0.25, -0.2) is 4.98 Å². The minimum atomic E-state index is 0.900. The van der Waals surface area contributed by atoms with Crippen molar-refractivity contribution in [1.82, 2.24) is 10.3 Å². The van der Waals surface area contributed by atoms with Gasteiger partial charge in [0, 0.05) is 25.0 Å². The number of nitrogens with zero attached hydrogens (tertiary/aromatic N) is 2. The second-order valence-corrected chi connectivity index (χ2v) is 8.15. The molecule has 2 heterocycles. The van der Waals surface area contributed by atoms with Crippen LogP contribution in [0.3, 0.4) is 0 Å². The third-order valence-electron chi connectivity index (χ3n) is 2.96. The summed E-state index contributed by atoms with van der Waals surface area (Å²) in [4.78, 5) is 8.25. The Hall–Kier alpha value is -0.430. The summed E-state index contributed by atoms with van der Waals surface area (Å²) in [6.45, 7) is 7.17. The predicted octanol–water partition coefficient (Wildman–Crippen LogP) is 4.41. The highest BCUT2D eigenvalue weighted by molar-refractivity contribution is 9.11. The van der Waals surface area contributed by atoms with Gasteiger partial charge in [-0.15, -0.1) is 22.7 Å². The Morgan fingerprint density at radius 2 is 2.25 bits per heavy atom. The van der Waals surface area contributed by atoms with Crippen molar-refractivity contribution in [2.75, 3.05) is 18.5 Å². The average molecular weight is 374 g/mol. The van der Waals surface area contributed by atoms with Gasteiger partial charge >= 0.3 is 0 Å². The number of hydrogen-bond acceptors (Lipinski definition) is 5. The van der Waals surface area contributed by atoms with Crippen molar-refractivity contribution in [2.45, 2.75) is 33.4 Å². The van der Waals surface area contributed by atoms with Crippen molar-refractivity contribution < 1.29 is 0 Å². The van der Waals surface area contributed by atoms with Crippen LogP contribution >= 0.6 is 38.6 Å². The van der Waals surface area contributed by atoms with E-state index in [0.717, 1.165) is 36.9 Å². The Morgan fingerprint density at radius 3 is 2.90 bits per heavy atom. The quantitative estimate of drug-likeness (QED) is 0.728. The zero-order valence-electron chi connectivity index (χ0n) is 12.1. The number of thiazole rings is 1. The molecule has 2 rings (SSSR count). The molecule has 0 aliphatic heterocycles. The first-order valence-corrected chi connectivity index (χ1v) is 9.20. The highest BCUT2D eigenvalue weighted by atomic mass is 79.9. The van der Waals surface area contributed by atoms with E-state index in [1.807, 2.05) is 0 Å². The molecule has 0 saturated heterocycles. The lowest BCUT2D eigenvalue weighted by Gasteiger charge is -2.14. The highest BCUT2D eigenvalue weighted by Crippen LogP contribution is 2.28. The maximum Gasteiger partial charge on any atom is 0.185 e. The van der Waals surface area contributed by atoms with Gasteiger partial charge in [-0.05, 0) is 52.8 Å². The van der Waals surface area contributed by atoms with Crippen LogP contribution in [-0.4, -0.2) is 18.6 Å². The molecule has 0 unspecified atom stereocenters. The largest absolute Gasteiger partial charge is 0.347 e. The fourth-order valence-corrected chi connectivity index (χ4v) is 4.08. The van der Waals surface area contributed by atoms with Gasteiger partial charge in [0.25, 0.3) is 0 Å². The van der Waals surface area contributed by atoms with E-state index in [4.69, 9.17) is 0 Å². The Balaban J connectivity index is 1.99. The summed E-state index contributed by atoms with van der Waals surface area (Å²) < 4.78 is 1.18. The van der Waals surface area contributed by atoms with E-state index in [9.17, 15) is 0 Å². The van der Waals surface area contributed by atoms with Crippen LogP contribution < -0.4 is 10.2 Å². The van der Waals surface area contributed by atoms with Gasteiger partial charge in [0.1, 0.15) is 0 Å². The fourth-order valence-electron chi connectivity index (χ4n) is 1.89. The average Bonchev–Trinajstić information content (AvgIpc) is 2.97. The lowest BCUT2D eigenvalue weighted by atomic mass is 10.3. The third kappa shape index (κ3) is 4.28. The molecular weight excluding hydrogens is 354 g/mol. The molecule has 6 heteroatoms. The van der Waals surface area contributed by atoms with Crippen LogP contribution in [0, 0.1) is 6.92 Å². The van der Waals surface area contributed by atoms with Crippen molar-refractivity contribution in [2.24, 2.45) is 0 Å².